The van der Waals surface area contributed by atoms with Gasteiger partial charge in [0.15, 0.2) is 5.16 Å². The highest BCUT2D eigenvalue weighted by Gasteiger charge is 2.27. The van der Waals surface area contributed by atoms with Crippen LogP contribution >= 0.6 is 23.1 Å². The molecule has 4 heterocycles. The number of carbonyl (C=O) groups is 2. The molecule has 0 radical (unpaired) electrons. The minimum absolute atomic E-state index is 0.0763. The number of furan rings is 1. The summed E-state index contributed by atoms with van der Waals surface area (Å²) >= 11 is 2.81. The van der Waals surface area contributed by atoms with Crippen molar-refractivity contribution in [2.75, 3.05) is 12.3 Å². The molecular weight excluding hydrogens is 422 g/mol. The molecule has 1 aliphatic heterocycles. The summed E-state index contributed by atoms with van der Waals surface area (Å²) in [6.07, 6.45) is 6.84. The van der Waals surface area contributed by atoms with Crippen LogP contribution in [0.1, 0.15) is 41.9 Å². The molecule has 2 aliphatic rings. The van der Waals surface area contributed by atoms with E-state index in [0.717, 1.165) is 36.1 Å². The Bertz CT molecular complexity index is 1180. The first-order valence-corrected chi connectivity index (χ1v) is 12.0. The molecule has 3 aromatic rings. The van der Waals surface area contributed by atoms with Gasteiger partial charge in [-0.05, 0) is 49.8 Å². The molecule has 0 spiro atoms. The lowest BCUT2D eigenvalue weighted by molar-refractivity contribution is -0.140. The van der Waals surface area contributed by atoms with E-state index in [9.17, 15) is 14.4 Å². The number of thiophene rings is 1. The molecule has 1 aliphatic carbocycles. The molecule has 5 rings (SSSR count). The molecule has 2 amide bonds. The molecule has 0 atom stereocenters. The van der Waals surface area contributed by atoms with Crippen molar-refractivity contribution in [2.24, 2.45) is 0 Å². The molecule has 156 valence electrons. The van der Waals surface area contributed by atoms with Crippen molar-refractivity contribution in [2.45, 2.75) is 50.2 Å². The SMILES string of the molecule is O=C1CCCN1C(=O)CSc1nc2sc3c(c2c(=O)n1Cc1ccco1)CCCC3. The second kappa shape index (κ2) is 8.03. The number of thioether (sulfide) groups is 1. The number of imide groups is 1. The molecule has 1 saturated heterocycles. The van der Waals surface area contributed by atoms with Gasteiger partial charge in [-0.25, -0.2) is 4.98 Å². The smallest absolute Gasteiger partial charge is 0.263 e. The number of rotatable bonds is 5. The molecule has 0 aromatic carbocycles. The fraction of sp³-hybridized carbons (Fsp3) is 0.429. The lowest BCUT2D eigenvalue weighted by Gasteiger charge is -2.15. The van der Waals surface area contributed by atoms with Crippen molar-refractivity contribution in [3.63, 3.8) is 0 Å². The first kappa shape index (κ1) is 19.6. The second-order valence-corrected chi connectivity index (χ2v) is 9.61. The summed E-state index contributed by atoms with van der Waals surface area (Å²) in [5.41, 5.74) is 1.06. The summed E-state index contributed by atoms with van der Waals surface area (Å²) in [7, 11) is 0. The van der Waals surface area contributed by atoms with E-state index < -0.39 is 0 Å². The van der Waals surface area contributed by atoms with E-state index in [0.29, 0.717) is 35.7 Å². The Morgan fingerprint density at radius 3 is 2.83 bits per heavy atom. The first-order valence-electron chi connectivity index (χ1n) is 10.2. The minimum Gasteiger partial charge on any atom is -0.467 e. The zero-order valence-electron chi connectivity index (χ0n) is 16.4. The van der Waals surface area contributed by atoms with E-state index in [-0.39, 0.29) is 29.7 Å². The normalized spacial score (nSPS) is 16.4. The number of fused-ring (bicyclic) bond motifs is 3. The van der Waals surface area contributed by atoms with Crippen LogP contribution in [0.2, 0.25) is 0 Å². The Hall–Kier alpha value is -2.39. The molecule has 0 bridgehead atoms. The van der Waals surface area contributed by atoms with Gasteiger partial charge in [0.2, 0.25) is 11.8 Å². The van der Waals surface area contributed by atoms with Gasteiger partial charge in [0.05, 0.1) is 23.9 Å². The van der Waals surface area contributed by atoms with Crippen LogP contribution in [0.5, 0.6) is 0 Å². The van der Waals surface area contributed by atoms with E-state index in [4.69, 9.17) is 9.40 Å². The summed E-state index contributed by atoms with van der Waals surface area (Å²) in [4.78, 5) is 46.0. The molecule has 1 fully saturated rings. The Labute approximate surface area is 181 Å². The van der Waals surface area contributed by atoms with Gasteiger partial charge in [0.25, 0.3) is 5.56 Å². The Morgan fingerprint density at radius 1 is 1.20 bits per heavy atom. The largest absolute Gasteiger partial charge is 0.467 e. The topological polar surface area (TPSA) is 85.4 Å². The number of hydrogen-bond acceptors (Lipinski definition) is 7. The van der Waals surface area contributed by atoms with Crippen LogP contribution in [0.3, 0.4) is 0 Å². The van der Waals surface area contributed by atoms with E-state index in [2.05, 4.69) is 0 Å². The van der Waals surface area contributed by atoms with Crippen LogP contribution in [0, 0.1) is 0 Å². The molecule has 30 heavy (non-hydrogen) atoms. The number of amides is 2. The summed E-state index contributed by atoms with van der Waals surface area (Å²) < 4.78 is 7.06. The van der Waals surface area contributed by atoms with E-state index in [1.807, 2.05) is 6.07 Å². The number of aromatic nitrogens is 2. The number of hydrogen-bond donors (Lipinski definition) is 0. The third kappa shape index (κ3) is 3.50. The summed E-state index contributed by atoms with van der Waals surface area (Å²) in [5, 5.41) is 1.20. The fourth-order valence-corrected chi connectivity index (χ4v) is 6.32. The Morgan fingerprint density at radius 2 is 2.07 bits per heavy atom. The van der Waals surface area contributed by atoms with E-state index in [1.165, 1.54) is 21.5 Å². The summed E-state index contributed by atoms with van der Waals surface area (Å²) in [6.45, 7) is 0.736. The van der Waals surface area contributed by atoms with Crippen LogP contribution in [0.4, 0.5) is 0 Å². The molecule has 9 heteroatoms. The van der Waals surface area contributed by atoms with Gasteiger partial charge in [0.1, 0.15) is 10.6 Å². The monoisotopic (exact) mass is 443 g/mol. The highest BCUT2D eigenvalue weighted by Crippen LogP contribution is 2.35. The minimum atomic E-state index is -0.230. The third-order valence-corrected chi connectivity index (χ3v) is 7.78. The molecule has 7 nitrogen and oxygen atoms in total. The van der Waals surface area contributed by atoms with Crippen molar-refractivity contribution in [3.05, 3.63) is 45.0 Å². The zero-order valence-corrected chi connectivity index (χ0v) is 18.0. The predicted octanol–water partition coefficient (Wildman–Crippen LogP) is 3.22. The van der Waals surface area contributed by atoms with Gasteiger partial charge in [0, 0.05) is 17.8 Å². The standard InChI is InChI=1S/C21H21N3O4S2/c25-16-8-3-9-23(16)17(26)12-29-21-22-19-18(14-6-1-2-7-15(14)30-19)20(27)24(21)11-13-5-4-10-28-13/h4-5,10H,1-3,6-9,11-12H2. The molecule has 3 aromatic heterocycles. The summed E-state index contributed by atoms with van der Waals surface area (Å²) in [6, 6.07) is 3.61. The van der Waals surface area contributed by atoms with Crippen molar-refractivity contribution in [3.8, 4) is 0 Å². The predicted molar refractivity (Wildman–Crippen MR) is 115 cm³/mol. The average Bonchev–Trinajstić information content (AvgIpc) is 3.48. The average molecular weight is 444 g/mol. The van der Waals surface area contributed by atoms with Gasteiger partial charge in [-0.3, -0.25) is 23.9 Å². The van der Waals surface area contributed by atoms with Crippen LogP contribution in [0.15, 0.2) is 32.8 Å². The number of aryl methyl sites for hydroxylation is 2. The van der Waals surface area contributed by atoms with Gasteiger partial charge in [-0.15, -0.1) is 11.3 Å². The second-order valence-electron chi connectivity index (χ2n) is 7.59. The Kier molecular flexibility index (Phi) is 5.24. The van der Waals surface area contributed by atoms with Crippen molar-refractivity contribution >= 4 is 45.1 Å². The maximum absolute atomic E-state index is 13.5. The maximum Gasteiger partial charge on any atom is 0.263 e. The van der Waals surface area contributed by atoms with Gasteiger partial charge in [-0.2, -0.15) is 0 Å². The number of likely N-dealkylation sites (tertiary alicyclic amines) is 1. The molecular formula is C21H21N3O4S2. The lowest BCUT2D eigenvalue weighted by Crippen LogP contribution is -2.33. The highest BCUT2D eigenvalue weighted by molar-refractivity contribution is 7.99. The van der Waals surface area contributed by atoms with Crippen LogP contribution in [-0.4, -0.2) is 38.6 Å². The fourth-order valence-electron chi connectivity index (χ4n) is 4.14. The van der Waals surface area contributed by atoms with Crippen molar-refractivity contribution in [1.82, 2.24) is 14.5 Å². The van der Waals surface area contributed by atoms with Crippen molar-refractivity contribution in [1.29, 1.82) is 0 Å². The van der Waals surface area contributed by atoms with E-state index in [1.54, 1.807) is 28.2 Å². The van der Waals surface area contributed by atoms with Gasteiger partial charge < -0.3 is 4.42 Å². The molecule has 0 saturated carbocycles. The summed E-state index contributed by atoms with van der Waals surface area (Å²) in [5.74, 6) is 0.382. The van der Waals surface area contributed by atoms with Crippen LogP contribution < -0.4 is 5.56 Å². The zero-order chi connectivity index (χ0) is 20.7. The number of nitrogens with zero attached hydrogens (tertiary/aromatic N) is 3. The van der Waals surface area contributed by atoms with Crippen LogP contribution in [0.25, 0.3) is 10.2 Å². The molecule has 0 unspecified atom stereocenters. The number of carbonyl (C=O) groups excluding carboxylic acids is 2. The van der Waals surface area contributed by atoms with Crippen molar-refractivity contribution < 1.29 is 14.0 Å². The third-order valence-electron chi connectivity index (χ3n) is 5.63. The Balaban J connectivity index is 1.52. The molecule has 0 N–H and O–H groups in total. The highest BCUT2D eigenvalue weighted by atomic mass is 32.2. The van der Waals surface area contributed by atoms with E-state index >= 15 is 0 Å². The van der Waals surface area contributed by atoms with Crippen LogP contribution in [-0.2, 0) is 29.0 Å². The maximum atomic E-state index is 13.5. The first-order chi connectivity index (χ1) is 14.6. The lowest BCUT2D eigenvalue weighted by atomic mass is 9.97. The quantitative estimate of drug-likeness (QED) is 0.445. The van der Waals surface area contributed by atoms with Gasteiger partial charge >= 0.3 is 0 Å². The van der Waals surface area contributed by atoms with Gasteiger partial charge in [-0.1, -0.05) is 11.8 Å².